The van der Waals surface area contributed by atoms with Crippen LogP contribution in [0.4, 0.5) is 5.95 Å². The van der Waals surface area contributed by atoms with Crippen LogP contribution in [-0.4, -0.2) is 41.3 Å². The van der Waals surface area contributed by atoms with E-state index in [4.69, 9.17) is 9.98 Å². The predicted octanol–water partition coefficient (Wildman–Crippen LogP) is 3.14. The minimum Gasteiger partial charge on any atom is -0.331 e. The highest BCUT2D eigenvalue weighted by atomic mass is 16.2. The topological polar surface area (TPSA) is 101 Å². The Hall–Kier alpha value is -4.92. The van der Waals surface area contributed by atoms with Crippen LogP contribution in [0.5, 0.6) is 0 Å². The molecule has 1 fully saturated rings. The summed E-state index contributed by atoms with van der Waals surface area (Å²) in [5.74, 6) is 0.628. The minimum atomic E-state index is -1.35. The van der Waals surface area contributed by atoms with E-state index in [2.05, 4.69) is 20.3 Å². The number of fused-ring (bicyclic) bond motifs is 4. The van der Waals surface area contributed by atoms with Crippen molar-refractivity contribution >= 4 is 28.8 Å². The average Bonchev–Trinajstić information content (AvgIpc) is 3.44. The number of hydrogen-bond acceptors (Lipinski definition) is 7. The number of nitrogens with one attached hydrogen (secondary N) is 1. The van der Waals surface area contributed by atoms with E-state index in [1.54, 1.807) is 23.5 Å². The Labute approximate surface area is 199 Å². The van der Waals surface area contributed by atoms with Gasteiger partial charge in [-0.25, -0.2) is 4.98 Å². The summed E-state index contributed by atoms with van der Waals surface area (Å²) in [6, 6.07) is 24.4. The molecule has 5 aromatic rings. The van der Waals surface area contributed by atoms with Gasteiger partial charge in [0.1, 0.15) is 0 Å². The number of benzene rings is 1. The first-order valence-electron chi connectivity index (χ1n) is 11.2. The molecule has 0 spiro atoms. The van der Waals surface area contributed by atoms with Crippen molar-refractivity contribution in [2.24, 2.45) is 4.99 Å². The summed E-state index contributed by atoms with van der Waals surface area (Å²) in [6.07, 6.45) is 4.46. The molecule has 35 heavy (non-hydrogen) atoms. The summed E-state index contributed by atoms with van der Waals surface area (Å²) < 4.78 is 1.95. The fourth-order valence-electron chi connectivity index (χ4n) is 4.87. The van der Waals surface area contributed by atoms with Crippen molar-refractivity contribution in [3.8, 4) is 0 Å². The summed E-state index contributed by atoms with van der Waals surface area (Å²) in [5, 5.41) is 3.39. The molecule has 1 amide bonds. The van der Waals surface area contributed by atoms with Crippen LogP contribution in [0, 0.1) is 0 Å². The lowest BCUT2D eigenvalue weighted by Crippen LogP contribution is -2.47. The lowest BCUT2D eigenvalue weighted by molar-refractivity contribution is -0.132. The molecular formula is C26H18N8O. The molecule has 168 valence electrons. The summed E-state index contributed by atoms with van der Waals surface area (Å²) in [6.45, 7) is 0. The predicted molar refractivity (Wildman–Crippen MR) is 128 cm³/mol. The third kappa shape index (κ3) is 2.69. The molecule has 2 aliphatic rings. The number of carbonyl (C=O) groups is 1. The zero-order valence-corrected chi connectivity index (χ0v) is 18.4. The molecule has 0 bridgehead atoms. The first kappa shape index (κ1) is 19.5. The number of carbonyl (C=O) groups excluding carboxylic acids is 1. The van der Waals surface area contributed by atoms with Crippen LogP contribution in [0.3, 0.4) is 0 Å². The summed E-state index contributed by atoms with van der Waals surface area (Å²) in [5.41, 5.74) is 2.06. The fourth-order valence-corrected chi connectivity index (χ4v) is 4.87. The smallest absolute Gasteiger partial charge is 0.269 e. The molecule has 1 N–H and O–H groups in total. The number of imidazole rings is 1. The van der Waals surface area contributed by atoms with Crippen LogP contribution < -0.4 is 5.32 Å². The van der Waals surface area contributed by atoms with Gasteiger partial charge in [0.15, 0.2) is 6.17 Å². The number of pyridine rings is 3. The van der Waals surface area contributed by atoms with Crippen LogP contribution >= 0.6 is 0 Å². The first-order chi connectivity index (χ1) is 17.3. The Morgan fingerprint density at radius 3 is 2.09 bits per heavy atom. The maximum atomic E-state index is 14.6. The second kappa shape index (κ2) is 7.29. The highest BCUT2D eigenvalue weighted by Gasteiger charge is 2.58. The van der Waals surface area contributed by atoms with Crippen molar-refractivity contribution in [1.82, 2.24) is 34.7 Å². The third-order valence-corrected chi connectivity index (χ3v) is 6.39. The van der Waals surface area contributed by atoms with E-state index in [0.29, 0.717) is 29.0 Å². The molecule has 0 radical (unpaired) electrons. The maximum Gasteiger partial charge on any atom is 0.269 e. The summed E-state index contributed by atoms with van der Waals surface area (Å²) in [4.78, 5) is 39.5. The molecular weight excluding hydrogens is 440 g/mol. The molecule has 0 aliphatic carbocycles. The molecule has 9 heteroatoms. The molecule has 0 saturated carbocycles. The molecule has 1 saturated heterocycles. The highest BCUT2D eigenvalue weighted by Crippen LogP contribution is 2.43. The molecule has 1 atom stereocenters. The Balaban J connectivity index is 1.51. The SMILES string of the molecule is O=C1N2C(=Nc3nc4ccccc4n3C2c2ccccn2)NC1(c1ccccn1)c1ccccn1. The Kier molecular flexibility index (Phi) is 4.07. The van der Waals surface area contributed by atoms with Gasteiger partial charge in [-0.3, -0.25) is 29.2 Å². The quantitative estimate of drug-likeness (QED) is 0.446. The normalized spacial score (nSPS) is 18.1. The van der Waals surface area contributed by atoms with Crippen LogP contribution in [-0.2, 0) is 10.3 Å². The second-order valence-electron chi connectivity index (χ2n) is 8.31. The van der Waals surface area contributed by atoms with E-state index >= 15 is 0 Å². The maximum absolute atomic E-state index is 14.6. The Bertz CT molecular complexity index is 1560. The molecule has 1 unspecified atom stereocenters. The highest BCUT2D eigenvalue weighted by molar-refractivity contribution is 6.12. The Morgan fingerprint density at radius 2 is 1.43 bits per heavy atom. The number of guanidine groups is 1. The zero-order valence-electron chi connectivity index (χ0n) is 18.4. The number of hydrogen-bond donors (Lipinski definition) is 1. The van der Waals surface area contributed by atoms with E-state index < -0.39 is 11.7 Å². The van der Waals surface area contributed by atoms with Crippen molar-refractivity contribution in [3.63, 3.8) is 0 Å². The van der Waals surface area contributed by atoms with Gasteiger partial charge in [0.2, 0.25) is 17.4 Å². The van der Waals surface area contributed by atoms with Gasteiger partial charge in [-0.15, -0.1) is 0 Å². The van der Waals surface area contributed by atoms with Gasteiger partial charge >= 0.3 is 0 Å². The van der Waals surface area contributed by atoms with E-state index in [0.717, 1.165) is 11.0 Å². The molecule has 6 heterocycles. The molecule has 2 aliphatic heterocycles. The van der Waals surface area contributed by atoms with Gasteiger partial charge in [0, 0.05) is 18.6 Å². The largest absolute Gasteiger partial charge is 0.331 e. The van der Waals surface area contributed by atoms with Gasteiger partial charge in [0.25, 0.3) is 5.91 Å². The minimum absolute atomic E-state index is 0.243. The molecule has 1 aromatic carbocycles. The summed E-state index contributed by atoms with van der Waals surface area (Å²) in [7, 11) is 0. The number of rotatable bonds is 3. The van der Waals surface area contributed by atoms with E-state index in [-0.39, 0.29) is 5.91 Å². The van der Waals surface area contributed by atoms with Crippen LogP contribution in [0.1, 0.15) is 23.2 Å². The van der Waals surface area contributed by atoms with Gasteiger partial charge in [-0.2, -0.15) is 4.99 Å². The van der Waals surface area contributed by atoms with Crippen molar-refractivity contribution in [1.29, 1.82) is 0 Å². The number of nitrogens with zero attached hydrogens (tertiary/aromatic N) is 7. The van der Waals surface area contributed by atoms with Gasteiger partial charge in [0.05, 0.1) is 28.1 Å². The fraction of sp³-hybridized carbons (Fsp3) is 0.0769. The van der Waals surface area contributed by atoms with Crippen LogP contribution in [0.2, 0.25) is 0 Å². The first-order valence-corrected chi connectivity index (χ1v) is 11.2. The van der Waals surface area contributed by atoms with E-state index in [1.807, 2.05) is 83.4 Å². The second-order valence-corrected chi connectivity index (χ2v) is 8.31. The number of aliphatic imine (C=N–C) groups is 1. The number of amides is 1. The van der Waals surface area contributed by atoms with Crippen molar-refractivity contribution in [2.45, 2.75) is 11.7 Å². The zero-order chi connectivity index (χ0) is 23.4. The van der Waals surface area contributed by atoms with Crippen molar-refractivity contribution in [3.05, 3.63) is 115 Å². The molecule has 9 nitrogen and oxygen atoms in total. The van der Waals surface area contributed by atoms with Crippen LogP contribution in [0.15, 0.2) is 102 Å². The summed E-state index contributed by atoms with van der Waals surface area (Å²) >= 11 is 0. The van der Waals surface area contributed by atoms with Crippen molar-refractivity contribution < 1.29 is 4.79 Å². The van der Waals surface area contributed by atoms with Gasteiger partial charge in [-0.05, 0) is 48.5 Å². The van der Waals surface area contributed by atoms with E-state index in [1.165, 1.54) is 0 Å². The van der Waals surface area contributed by atoms with Crippen LogP contribution in [0.25, 0.3) is 11.0 Å². The van der Waals surface area contributed by atoms with Gasteiger partial charge in [-0.1, -0.05) is 30.3 Å². The number of aromatic nitrogens is 5. The molecule has 4 aromatic heterocycles. The Morgan fingerprint density at radius 1 is 0.771 bits per heavy atom. The monoisotopic (exact) mass is 458 g/mol. The standard InChI is InChI=1S/C26H18N8O/c35-23-26(20-12-4-7-15-28-20,21-13-5-8-16-29-21)32-25-31-24-30-17-9-1-2-11-19(17)33(24)22(34(23)25)18-10-3-6-14-27-18/h1-16,22H,(H,30,31,32). The lowest BCUT2D eigenvalue weighted by atomic mass is 9.89. The molecule has 7 rings (SSSR count). The average molecular weight is 458 g/mol. The third-order valence-electron chi connectivity index (χ3n) is 6.39. The lowest BCUT2D eigenvalue weighted by Gasteiger charge is -2.32. The van der Waals surface area contributed by atoms with Gasteiger partial charge < -0.3 is 5.32 Å². The van der Waals surface area contributed by atoms with Crippen molar-refractivity contribution in [2.75, 3.05) is 0 Å². The number of para-hydroxylation sites is 2. The van der Waals surface area contributed by atoms with E-state index in [9.17, 15) is 4.79 Å².